The number of hydrogen-bond acceptors (Lipinski definition) is 3. The molecule has 0 aromatic heterocycles. The molecular formula is C24H25Cl2N3O. The van der Waals surface area contributed by atoms with E-state index in [4.69, 9.17) is 23.2 Å². The van der Waals surface area contributed by atoms with Gasteiger partial charge in [-0.15, -0.1) is 0 Å². The van der Waals surface area contributed by atoms with Crippen LogP contribution in [0.15, 0.2) is 35.9 Å². The summed E-state index contributed by atoms with van der Waals surface area (Å²) in [6.45, 7) is 8.43. The molecule has 30 heavy (non-hydrogen) atoms. The summed E-state index contributed by atoms with van der Waals surface area (Å²) < 4.78 is 0. The molecule has 0 radical (unpaired) electrons. The fraction of sp³-hybridized carbons (Fsp3) is 0.333. The highest BCUT2D eigenvalue weighted by Gasteiger charge is 2.34. The predicted molar refractivity (Wildman–Crippen MR) is 125 cm³/mol. The number of nitrogens with one attached hydrogen (secondary N) is 1. The molecule has 1 N–H and O–H groups in total. The summed E-state index contributed by atoms with van der Waals surface area (Å²) in [6, 6.07) is 11.2. The third-order valence-electron chi connectivity index (χ3n) is 5.93. The van der Waals surface area contributed by atoms with Crippen LogP contribution in [0.3, 0.4) is 0 Å². The molecule has 1 unspecified atom stereocenters. The number of halogens is 2. The van der Waals surface area contributed by atoms with Gasteiger partial charge in [-0.25, -0.2) is 0 Å². The number of nitrogens with zero attached hydrogens (tertiary/aromatic N) is 2. The molecule has 3 rings (SSSR count). The Kier molecular flexibility index (Phi) is 6.17. The van der Waals surface area contributed by atoms with Crippen LogP contribution in [0.4, 0.5) is 11.4 Å². The standard InChI is InChI=1S/C24H25Cl2N3O/c1-14-12-24(3,4)29(5)22-11-20(26)16(10-18(14)22)9-17(13-27)23(30)28-21-8-6-7-19(25)15(21)2/h6-11,14H,12H2,1-5H3,(H,28,30)/b17-9+. The Morgan fingerprint density at radius 2 is 2.00 bits per heavy atom. The van der Waals surface area contributed by atoms with Crippen molar-refractivity contribution in [3.63, 3.8) is 0 Å². The van der Waals surface area contributed by atoms with Crippen molar-refractivity contribution in [2.75, 3.05) is 17.3 Å². The van der Waals surface area contributed by atoms with Crippen LogP contribution in [0.2, 0.25) is 10.0 Å². The van der Waals surface area contributed by atoms with Gasteiger partial charge in [-0.3, -0.25) is 4.79 Å². The van der Waals surface area contributed by atoms with Crippen LogP contribution in [0, 0.1) is 18.3 Å². The van der Waals surface area contributed by atoms with E-state index in [1.807, 2.05) is 25.1 Å². The number of hydrogen-bond donors (Lipinski definition) is 1. The molecule has 2 aromatic rings. The highest BCUT2D eigenvalue weighted by Crippen LogP contribution is 2.44. The molecule has 1 atom stereocenters. The monoisotopic (exact) mass is 441 g/mol. The van der Waals surface area contributed by atoms with Crippen LogP contribution in [0.5, 0.6) is 0 Å². The third-order valence-corrected chi connectivity index (χ3v) is 6.67. The largest absolute Gasteiger partial charge is 0.369 e. The molecule has 0 saturated heterocycles. The fourth-order valence-electron chi connectivity index (χ4n) is 3.95. The zero-order valence-corrected chi connectivity index (χ0v) is 19.3. The molecule has 0 saturated carbocycles. The van der Waals surface area contributed by atoms with E-state index < -0.39 is 5.91 Å². The molecule has 0 fully saturated rings. The third kappa shape index (κ3) is 4.19. The van der Waals surface area contributed by atoms with Gasteiger partial charge in [-0.2, -0.15) is 5.26 Å². The summed E-state index contributed by atoms with van der Waals surface area (Å²) in [7, 11) is 2.07. The summed E-state index contributed by atoms with van der Waals surface area (Å²) >= 11 is 12.7. The molecule has 1 heterocycles. The van der Waals surface area contributed by atoms with Gasteiger partial charge in [-0.1, -0.05) is 36.2 Å². The molecular weight excluding hydrogens is 417 g/mol. The van der Waals surface area contributed by atoms with Crippen LogP contribution in [-0.2, 0) is 4.79 Å². The van der Waals surface area contributed by atoms with Crippen LogP contribution in [-0.4, -0.2) is 18.5 Å². The predicted octanol–water partition coefficient (Wildman–Crippen LogP) is 6.57. The van der Waals surface area contributed by atoms with E-state index in [9.17, 15) is 10.1 Å². The molecule has 2 aromatic carbocycles. The van der Waals surface area contributed by atoms with E-state index in [1.165, 1.54) is 0 Å². The summed E-state index contributed by atoms with van der Waals surface area (Å²) in [5.41, 5.74) is 4.23. The quantitative estimate of drug-likeness (QED) is 0.432. The van der Waals surface area contributed by atoms with Gasteiger partial charge in [0, 0.05) is 34.0 Å². The Labute approximate surface area is 188 Å². The van der Waals surface area contributed by atoms with Gasteiger partial charge in [0.15, 0.2) is 0 Å². The normalized spacial score (nSPS) is 17.9. The summed E-state index contributed by atoms with van der Waals surface area (Å²) in [6.07, 6.45) is 2.55. The first-order valence-corrected chi connectivity index (χ1v) is 10.6. The lowest BCUT2D eigenvalue weighted by Gasteiger charge is -2.45. The SMILES string of the molecule is Cc1c(Cl)cccc1NC(=O)/C(C#N)=C/c1cc2c(cc1Cl)N(C)C(C)(C)CC2C. The van der Waals surface area contributed by atoms with Gasteiger partial charge in [-0.05, 0) is 80.1 Å². The van der Waals surface area contributed by atoms with Gasteiger partial charge in [0.2, 0.25) is 0 Å². The van der Waals surface area contributed by atoms with E-state index in [-0.39, 0.29) is 11.1 Å². The van der Waals surface area contributed by atoms with Crippen molar-refractivity contribution in [3.05, 3.63) is 62.6 Å². The summed E-state index contributed by atoms with van der Waals surface area (Å²) in [5, 5.41) is 13.4. The van der Waals surface area contributed by atoms with E-state index in [1.54, 1.807) is 24.3 Å². The Morgan fingerprint density at radius 1 is 1.30 bits per heavy atom. The second-order valence-electron chi connectivity index (χ2n) is 8.45. The zero-order valence-electron chi connectivity index (χ0n) is 17.8. The zero-order chi connectivity index (χ0) is 22.2. The van der Waals surface area contributed by atoms with Gasteiger partial charge in [0.25, 0.3) is 5.91 Å². The second-order valence-corrected chi connectivity index (χ2v) is 9.26. The Morgan fingerprint density at radius 3 is 2.67 bits per heavy atom. The molecule has 1 aliphatic rings. The van der Waals surface area contributed by atoms with E-state index in [0.717, 1.165) is 23.2 Å². The molecule has 1 amide bonds. The Balaban J connectivity index is 1.97. The van der Waals surface area contributed by atoms with Crippen LogP contribution in [0.25, 0.3) is 6.08 Å². The number of carbonyl (C=O) groups excluding carboxylic acids is 1. The van der Waals surface area contributed by atoms with Crippen molar-refractivity contribution in [3.8, 4) is 6.07 Å². The summed E-state index contributed by atoms with van der Waals surface area (Å²) in [4.78, 5) is 15.0. The molecule has 6 heteroatoms. The van der Waals surface area contributed by atoms with E-state index in [0.29, 0.717) is 27.2 Å². The molecule has 0 bridgehead atoms. The van der Waals surface area contributed by atoms with Crippen molar-refractivity contribution in [2.45, 2.75) is 45.6 Å². The lowest BCUT2D eigenvalue weighted by atomic mass is 9.80. The van der Waals surface area contributed by atoms with Gasteiger partial charge < -0.3 is 10.2 Å². The average Bonchev–Trinajstić information content (AvgIpc) is 2.68. The van der Waals surface area contributed by atoms with E-state index >= 15 is 0 Å². The fourth-order valence-corrected chi connectivity index (χ4v) is 4.34. The maximum Gasteiger partial charge on any atom is 0.266 e. The van der Waals surface area contributed by atoms with Crippen molar-refractivity contribution < 1.29 is 4.79 Å². The highest BCUT2D eigenvalue weighted by atomic mass is 35.5. The summed E-state index contributed by atoms with van der Waals surface area (Å²) in [5.74, 6) is -0.160. The van der Waals surface area contributed by atoms with Gasteiger partial charge in [0.1, 0.15) is 11.6 Å². The maximum atomic E-state index is 12.7. The first-order chi connectivity index (χ1) is 14.0. The average molecular weight is 442 g/mol. The topological polar surface area (TPSA) is 56.1 Å². The van der Waals surface area contributed by atoms with Crippen LogP contribution in [0.1, 0.15) is 49.8 Å². The number of nitriles is 1. The maximum absolute atomic E-state index is 12.7. The highest BCUT2D eigenvalue weighted by molar-refractivity contribution is 6.33. The minimum Gasteiger partial charge on any atom is -0.369 e. The molecule has 156 valence electrons. The lowest BCUT2D eigenvalue weighted by molar-refractivity contribution is -0.112. The van der Waals surface area contributed by atoms with Crippen LogP contribution >= 0.6 is 23.2 Å². The number of amides is 1. The smallest absolute Gasteiger partial charge is 0.266 e. The minimum atomic E-state index is -0.497. The van der Waals surface area contributed by atoms with Crippen molar-refractivity contribution in [1.82, 2.24) is 0 Å². The second kappa shape index (κ2) is 8.34. The van der Waals surface area contributed by atoms with E-state index in [2.05, 4.69) is 38.0 Å². The first kappa shape index (κ1) is 22.2. The first-order valence-electron chi connectivity index (χ1n) is 9.80. The van der Waals surface area contributed by atoms with Crippen molar-refractivity contribution >= 4 is 46.6 Å². The van der Waals surface area contributed by atoms with Crippen molar-refractivity contribution in [2.24, 2.45) is 0 Å². The molecule has 0 aliphatic carbocycles. The molecule has 4 nitrogen and oxygen atoms in total. The minimum absolute atomic E-state index is 0.0200. The van der Waals surface area contributed by atoms with Gasteiger partial charge >= 0.3 is 0 Å². The molecule has 0 spiro atoms. The van der Waals surface area contributed by atoms with Gasteiger partial charge in [0.05, 0.1) is 0 Å². The Bertz CT molecular complexity index is 1080. The Hall–Kier alpha value is -2.48. The molecule has 1 aliphatic heterocycles. The van der Waals surface area contributed by atoms with Crippen LogP contribution < -0.4 is 10.2 Å². The lowest BCUT2D eigenvalue weighted by Crippen LogP contribution is -2.45. The number of anilines is 2. The number of benzene rings is 2. The number of rotatable bonds is 3. The number of carbonyl (C=O) groups is 1. The number of fused-ring (bicyclic) bond motifs is 1. The van der Waals surface area contributed by atoms with Crippen molar-refractivity contribution in [1.29, 1.82) is 5.26 Å².